The van der Waals surface area contributed by atoms with Gasteiger partial charge in [0.15, 0.2) is 6.29 Å². The van der Waals surface area contributed by atoms with E-state index in [9.17, 15) is 15.0 Å². The Labute approximate surface area is 188 Å². The van der Waals surface area contributed by atoms with Gasteiger partial charge in [-0.05, 0) is 61.7 Å². The summed E-state index contributed by atoms with van der Waals surface area (Å²) < 4.78 is 0. The first kappa shape index (κ1) is 22.1. The van der Waals surface area contributed by atoms with Gasteiger partial charge in [0.1, 0.15) is 11.1 Å². The number of nitrogens with one attached hydrogen (secondary N) is 2. The first-order valence-electron chi connectivity index (χ1n) is 11.1. The highest BCUT2D eigenvalue weighted by Gasteiger charge is 2.28. The number of likely N-dealkylation sites (tertiary alicyclic amines) is 1. The second kappa shape index (κ2) is 10.5. The van der Waals surface area contributed by atoms with Crippen molar-refractivity contribution in [3.05, 3.63) is 53.1 Å². The van der Waals surface area contributed by atoms with Gasteiger partial charge in [-0.25, -0.2) is 0 Å². The normalized spacial score (nSPS) is 19.6. The number of aldehydes is 1. The number of phenols is 1. The molecule has 0 aliphatic carbocycles. The molecule has 7 heteroatoms. The van der Waals surface area contributed by atoms with Crippen molar-refractivity contribution in [2.45, 2.75) is 48.6 Å². The van der Waals surface area contributed by atoms with E-state index in [1.54, 1.807) is 12.1 Å². The zero-order valence-electron chi connectivity index (χ0n) is 17.7. The molecule has 1 unspecified atom stereocenters. The molecule has 6 nitrogen and oxygen atoms in total. The molecule has 2 atom stereocenters. The molecule has 0 bridgehead atoms. The molecule has 2 aliphatic heterocycles. The predicted molar refractivity (Wildman–Crippen MR) is 125 cm³/mol. The summed E-state index contributed by atoms with van der Waals surface area (Å²) >= 11 is 1.33. The van der Waals surface area contributed by atoms with Gasteiger partial charge >= 0.3 is 0 Å². The highest BCUT2D eigenvalue weighted by Crippen LogP contribution is 2.46. The van der Waals surface area contributed by atoms with E-state index >= 15 is 0 Å². The zero-order chi connectivity index (χ0) is 21.6. The fourth-order valence-electron chi connectivity index (χ4n) is 4.32. The third kappa shape index (κ3) is 5.60. The van der Waals surface area contributed by atoms with Crippen LogP contribution in [0.25, 0.3) is 0 Å². The maximum absolute atomic E-state index is 11.1. The lowest BCUT2D eigenvalue weighted by Gasteiger charge is -2.26. The van der Waals surface area contributed by atoms with Gasteiger partial charge in [-0.2, -0.15) is 0 Å². The van der Waals surface area contributed by atoms with E-state index in [1.807, 2.05) is 0 Å². The summed E-state index contributed by atoms with van der Waals surface area (Å²) in [4.78, 5) is 14.4. The average molecular weight is 442 g/mol. The fraction of sp³-hybridized carbons (Fsp3) is 0.458. The summed E-state index contributed by atoms with van der Waals surface area (Å²) in [7, 11) is 0. The third-order valence-corrected chi connectivity index (χ3v) is 7.11. The molecule has 0 radical (unpaired) electrons. The van der Waals surface area contributed by atoms with Crippen LogP contribution in [0.1, 0.15) is 42.1 Å². The standard InChI is InChI=1S/C24H31N3O3S/c28-16-22-26-23-20(29)8-7-19(24(23)31-22)21(30)14-25-10-9-17-5-4-6-18(13-17)15-27-11-2-1-3-12-27/h4-8,13,16,21-22,25-26,29-30H,1-3,9-12,14-15H2/t21-,22?/m0/s1. The second-order valence-electron chi connectivity index (χ2n) is 8.32. The van der Waals surface area contributed by atoms with Gasteiger partial charge in [-0.15, -0.1) is 0 Å². The van der Waals surface area contributed by atoms with Crippen molar-refractivity contribution in [2.24, 2.45) is 0 Å². The first-order valence-corrected chi connectivity index (χ1v) is 12.0. The van der Waals surface area contributed by atoms with Crippen LogP contribution in [-0.4, -0.2) is 53.0 Å². The molecule has 1 saturated heterocycles. The van der Waals surface area contributed by atoms with E-state index in [2.05, 4.69) is 39.8 Å². The molecule has 2 aromatic rings. The minimum absolute atomic E-state index is 0.0974. The minimum atomic E-state index is -0.709. The third-order valence-electron chi connectivity index (χ3n) is 5.95. The van der Waals surface area contributed by atoms with E-state index in [0.717, 1.165) is 36.3 Å². The summed E-state index contributed by atoms with van der Waals surface area (Å²) in [6.45, 7) is 4.61. The number of rotatable bonds is 9. The zero-order valence-corrected chi connectivity index (χ0v) is 18.5. The SMILES string of the molecule is O=CC1Nc2c(O)ccc([C@@H](O)CNCCc3cccc(CN4CCCCC4)c3)c2S1. The monoisotopic (exact) mass is 441 g/mol. The Morgan fingerprint density at radius 3 is 2.81 bits per heavy atom. The highest BCUT2D eigenvalue weighted by molar-refractivity contribution is 8.01. The Morgan fingerprint density at radius 2 is 2.00 bits per heavy atom. The lowest BCUT2D eigenvalue weighted by atomic mass is 10.1. The Hall–Kier alpha value is -2.06. The van der Waals surface area contributed by atoms with Gasteiger partial charge in [-0.3, -0.25) is 4.90 Å². The molecule has 166 valence electrons. The predicted octanol–water partition coefficient (Wildman–Crippen LogP) is 3.29. The van der Waals surface area contributed by atoms with E-state index in [4.69, 9.17) is 0 Å². The molecule has 31 heavy (non-hydrogen) atoms. The van der Waals surface area contributed by atoms with Crippen LogP contribution in [0.4, 0.5) is 5.69 Å². The van der Waals surface area contributed by atoms with E-state index < -0.39 is 11.5 Å². The van der Waals surface area contributed by atoms with Gasteiger partial charge in [-0.1, -0.05) is 48.5 Å². The van der Waals surface area contributed by atoms with Crippen LogP contribution in [0.15, 0.2) is 41.3 Å². The Morgan fingerprint density at radius 1 is 1.19 bits per heavy atom. The lowest BCUT2D eigenvalue weighted by molar-refractivity contribution is -0.107. The number of benzene rings is 2. The van der Waals surface area contributed by atoms with Crippen LogP contribution in [0.2, 0.25) is 0 Å². The van der Waals surface area contributed by atoms with Crippen LogP contribution in [-0.2, 0) is 17.8 Å². The molecule has 2 aliphatic rings. The maximum Gasteiger partial charge on any atom is 0.152 e. The number of nitrogens with zero attached hydrogens (tertiary/aromatic N) is 1. The number of thioether (sulfide) groups is 1. The molecule has 0 aromatic heterocycles. The summed E-state index contributed by atoms with van der Waals surface area (Å²) in [5.41, 5.74) is 3.93. The molecular formula is C24H31N3O3S. The number of aliphatic hydroxyl groups excluding tert-OH is 1. The minimum Gasteiger partial charge on any atom is -0.506 e. The second-order valence-corrected chi connectivity index (χ2v) is 9.48. The maximum atomic E-state index is 11.1. The van der Waals surface area contributed by atoms with Crippen LogP contribution in [0.5, 0.6) is 5.75 Å². The van der Waals surface area contributed by atoms with Crippen molar-refractivity contribution >= 4 is 23.7 Å². The van der Waals surface area contributed by atoms with Crippen molar-refractivity contribution < 1.29 is 15.0 Å². The molecule has 0 saturated carbocycles. The van der Waals surface area contributed by atoms with Gasteiger partial charge in [0.25, 0.3) is 0 Å². The number of carbonyl (C=O) groups is 1. The van der Waals surface area contributed by atoms with Gasteiger partial charge < -0.3 is 25.6 Å². The molecule has 2 aromatic carbocycles. The molecule has 1 fully saturated rings. The quantitative estimate of drug-likeness (QED) is 0.270. The van der Waals surface area contributed by atoms with Gasteiger partial charge in [0.2, 0.25) is 0 Å². The van der Waals surface area contributed by atoms with E-state index in [-0.39, 0.29) is 5.75 Å². The molecule has 2 heterocycles. The average Bonchev–Trinajstić information content (AvgIpc) is 3.23. The van der Waals surface area contributed by atoms with Crippen molar-refractivity contribution in [3.8, 4) is 5.75 Å². The van der Waals surface area contributed by atoms with E-state index in [0.29, 0.717) is 12.2 Å². The number of carbonyl (C=O) groups excluding carboxylic acids is 1. The summed E-state index contributed by atoms with van der Waals surface area (Å²) in [6.07, 6.45) is 4.96. The molecular weight excluding hydrogens is 410 g/mol. The van der Waals surface area contributed by atoms with Crippen molar-refractivity contribution in [1.29, 1.82) is 0 Å². The van der Waals surface area contributed by atoms with Crippen LogP contribution in [0, 0.1) is 0 Å². The van der Waals surface area contributed by atoms with E-state index in [1.165, 1.54) is 55.2 Å². The lowest BCUT2D eigenvalue weighted by Crippen LogP contribution is -2.29. The number of fused-ring (bicyclic) bond motifs is 1. The largest absolute Gasteiger partial charge is 0.506 e. The van der Waals surface area contributed by atoms with Gasteiger partial charge in [0.05, 0.1) is 11.8 Å². The van der Waals surface area contributed by atoms with Crippen LogP contribution >= 0.6 is 11.8 Å². The van der Waals surface area contributed by atoms with Crippen molar-refractivity contribution in [1.82, 2.24) is 10.2 Å². The van der Waals surface area contributed by atoms with Crippen LogP contribution in [0.3, 0.4) is 0 Å². The number of aliphatic hydroxyl groups is 1. The molecule has 0 spiro atoms. The number of piperidine rings is 1. The van der Waals surface area contributed by atoms with Crippen molar-refractivity contribution in [2.75, 3.05) is 31.5 Å². The number of aromatic hydroxyl groups is 1. The summed E-state index contributed by atoms with van der Waals surface area (Å²) in [5, 5.41) is 26.6. The van der Waals surface area contributed by atoms with Gasteiger partial charge in [0, 0.05) is 18.0 Å². The smallest absolute Gasteiger partial charge is 0.152 e. The number of hydrogen-bond acceptors (Lipinski definition) is 7. The summed E-state index contributed by atoms with van der Waals surface area (Å²) in [5.74, 6) is 0.0974. The summed E-state index contributed by atoms with van der Waals surface area (Å²) in [6, 6.07) is 12.1. The Bertz CT molecular complexity index is 902. The Kier molecular flexibility index (Phi) is 7.50. The molecule has 0 amide bonds. The topological polar surface area (TPSA) is 84.8 Å². The number of anilines is 1. The molecule has 4 N–H and O–H groups in total. The number of phenolic OH excluding ortho intramolecular Hbond substituents is 1. The fourth-order valence-corrected chi connectivity index (χ4v) is 5.43. The van der Waals surface area contributed by atoms with Crippen LogP contribution < -0.4 is 10.6 Å². The van der Waals surface area contributed by atoms with Crippen molar-refractivity contribution in [3.63, 3.8) is 0 Å². The molecule has 4 rings (SSSR count). The highest BCUT2D eigenvalue weighted by atomic mass is 32.2. The first-order chi connectivity index (χ1) is 15.1. The Balaban J connectivity index is 1.27. The number of hydrogen-bond donors (Lipinski definition) is 4.